The van der Waals surface area contributed by atoms with Gasteiger partial charge in [0.15, 0.2) is 6.23 Å². The molecule has 1 fully saturated rings. The highest BCUT2D eigenvalue weighted by Gasteiger charge is 2.43. The highest BCUT2D eigenvalue weighted by atomic mass is 16.6. The van der Waals surface area contributed by atoms with Gasteiger partial charge in [0.25, 0.3) is 5.56 Å². The number of nitrogens with zero attached hydrogens (tertiary/aromatic N) is 1. The van der Waals surface area contributed by atoms with Gasteiger partial charge in [-0.2, -0.15) is 0 Å². The number of aromatic amines is 1. The molecule has 120 valence electrons. The van der Waals surface area contributed by atoms with E-state index in [4.69, 9.17) is 14.9 Å². The molecule has 2 heterocycles. The quantitative estimate of drug-likeness (QED) is 0.373. The van der Waals surface area contributed by atoms with E-state index >= 15 is 0 Å². The van der Waals surface area contributed by atoms with Crippen LogP contribution in [0.15, 0.2) is 21.9 Å². The molecular formula is C12H14N2O8. The number of rotatable bonds is 4. The Balaban J connectivity index is 2.44. The summed E-state index contributed by atoms with van der Waals surface area (Å²) < 4.78 is 5.98. The monoisotopic (exact) mass is 314 g/mol. The molecule has 1 aromatic rings. The molecule has 1 saturated heterocycles. The van der Waals surface area contributed by atoms with Gasteiger partial charge in [-0.05, 0) is 6.08 Å². The van der Waals surface area contributed by atoms with Gasteiger partial charge in [-0.15, -0.1) is 0 Å². The summed E-state index contributed by atoms with van der Waals surface area (Å²) in [5, 5.41) is 37.1. The fraction of sp³-hybridized carbons (Fsp3) is 0.417. The van der Waals surface area contributed by atoms with E-state index in [2.05, 4.69) is 0 Å². The third-order valence-electron chi connectivity index (χ3n) is 3.19. The van der Waals surface area contributed by atoms with Crippen molar-refractivity contribution in [3.63, 3.8) is 0 Å². The average molecular weight is 314 g/mol. The van der Waals surface area contributed by atoms with Crippen molar-refractivity contribution in [1.29, 1.82) is 0 Å². The molecule has 1 aliphatic heterocycles. The van der Waals surface area contributed by atoms with Crippen LogP contribution in [0, 0.1) is 0 Å². The molecule has 10 heteroatoms. The lowest BCUT2D eigenvalue weighted by atomic mass is 10.1. The first-order chi connectivity index (χ1) is 10.3. The Morgan fingerprint density at radius 3 is 2.59 bits per heavy atom. The molecule has 4 atom stereocenters. The van der Waals surface area contributed by atoms with Crippen molar-refractivity contribution in [2.24, 2.45) is 0 Å². The zero-order chi connectivity index (χ0) is 16.4. The summed E-state index contributed by atoms with van der Waals surface area (Å²) in [6, 6.07) is 0. The van der Waals surface area contributed by atoms with Crippen LogP contribution in [0.5, 0.6) is 0 Å². The Kier molecular flexibility index (Phi) is 4.56. The molecule has 10 nitrogen and oxygen atoms in total. The van der Waals surface area contributed by atoms with Gasteiger partial charge in [-0.3, -0.25) is 14.3 Å². The standard InChI is InChI=1S/C12H14N2O8/c15-4-6-8(18)9(19)11(22-6)14-3-5(1-2-7(16)17)10(20)13-12(14)21/h1-3,6,8-9,11,15,18-19H,4H2,(H,16,17)(H,13,20,21)/t6-,8-,9+,11?/m1/s1. The summed E-state index contributed by atoms with van der Waals surface area (Å²) in [7, 11) is 0. The van der Waals surface area contributed by atoms with Crippen molar-refractivity contribution in [2.75, 3.05) is 6.61 Å². The van der Waals surface area contributed by atoms with E-state index in [1.165, 1.54) is 0 Å². The third-order valence-corrected chi connectivity index (χ3v) is 3.19. The van der Waals surface area contributed by atoms with Crippen molar-refractivity contribution < 1.29 is 30.0 Å². The van der Waals surface area contributed by atoms with Crippen LogP contribution in [0.2, 0.25) is 0 Å². The number of nitrogens with one attached hydrogen (secondary N) is 1. The molecule has 0 amide bonds. The topological polar surface area (TPSA) is 162 Å². The van der Waals surface area contributed by atoms with Crippen LogP contribution in [-0.4, -0.2) is 60.9 Å². The van der Waals surface area contributed by atoms with Crippen LogP contribution in [0.25, 0.3) is 6.08 Å². The lowest BCUT2D eigenvalue weighted by Gasteiger charge is -2.17. The third kappa shape index (κ3) is 2.99. The maximum Gasteiger partial charge on any atom is 0.330 e. The van der Waals surface area contributed by atoms with Crippen LogP contribution >= 0.6 is 0 Å². The van der Waals surface area contributed by atoms with Crippen molar-refractivity contribution in [3.8, 4) is 0 Å². The molecule has 1 aliphatic rings. The number of aliphatic hydroxyl groups is 3. The van der Waals surface area contributed by atoms with Crippen molar-refractivity contribution in [3.05, 3.63) is 38.7 Å². The van der Waals surface area contributed by atoms with Gasteiger partial charge in [-0.1, -0.05) is 0 Å². The molecule has 0 bridgehead atoms. The summed E-state index contributed by atoms with van der Waals surface area (Å²) in [5.41, 5.74) is -1.88. The fourth-order valence-corrected chi connectivity index (χ4v) is 2.08. The van der Waals surface area contributed by atoms with Gasteiger partial charge < -0.3 is 25.2 Å². The van der Waals surface area contributed by atoms with Crippen molar-refractivity contribution in [1.82, 2.24) is 9.55 Å². The molecule has 2 rings (SSSR count). The van der Waals surface area contributed by atoms with E-state index in [-0.39, 0.29) is 5.56 Å². The first-order valence-electron chi connectivity index (χ1n) is 6.24. The fourth-order valence-electron chi connectivity index (χ4n) is 2.08. The predicted molar refractivity (Wildman–Crippen MR) is 71.0 cm³/mol. The van der Waals surface area contributed by atoms with Crippen molar-refractivity contribution in [2.45, 2.75) is 24.5 Å². The normalized spacial score (nSPS) is 28.3. The minimum absolute atomic E-state index is 0.153. The second-order valence-corrected chi connectivity index (χ2v) is 4.65. The van der Waals surface area contributed by atoms with Crippen LogP contribution < -0.4 is 11.2 Å². The maximum absolute atomic E-state index is 11.8. The second-order valence-electron chi connectivity index (χ2n) is 4.65. The molecule has 1 aromatic heterocycles. The summed E-state index contributed by atoms with van der Waals surface area (Å²) in [5.74, 6) is -1.29. The number of hydrogen-bond acceptors (Lipinski definition) is 7. The molecule has 0 spiro atoms. The molecule has 5 N–H and O–H groups in total. The molecule has 1 unspecified atom stereocenters. The van der Waals surface area contributed by atoms with E-state index in [9.17, 15) is 24.6 Å². The summed E-state index contributed by atoms with van der Waals surface area (Å²) in [6.45, 7) is -0.571. The predicted octanol–water partition coefficient (Wildman–Crippen LogP) is -2.75. The Bertz CT molecular complexity index is 706. The van der Waals surface area contributed by atoms with E-state index in [1.807, 2.05) is 4.98 Å². The summed E-state index contributed by atoms with van der Waals surface area (Å²) in [6.07, 6.45) is -2.65. The lowest BCUT2D eigenvalue weighted by molar-refractivity contribution is -0.131. The van der Waals surface area contributed by atoms with E-state index in [0.29, 0.717) is 6.08 Å². The maximum atomic E-state index is 11.8. The van der Waals surface area contributed by atoms with Crippen LogP contribution in [0.4, 0.5) is 0 Å². The average Bonchev–Trinajstić information content (AvgIpc) is 2.74. The lowest BCUT2D eigenvalue weighted by Crippen LogP contribution is -2.38. The number of carboxylic acid groups (broad SMARTS) is 1. The van der Waals surface area contributed by atoms with Gasteiger partial charge >= 0.3 is 11.7 Å². The van der Waals surface area contributed by atoms with Gasteiger partial charge in [0.1, 0.15) is 18.3 Å². The number of carbonyl (C=O) groups is 1. The first-order valence-corrected chi connectivity index (χ1v) is 6.24. The molecular weight excluding hydrogens is 300 g/mol. The van der Waals surface area contributed by atoms with Gasteiger partial charge in [-0.25, -0.2) is 9.59 Å². The van der Waals surface area contributed by atoms with Crippen molar-refractivity contribution >= 4 is 12.0 Å². The largest absolute Gasteiger partial charge is 0.478 e. The van der Waals surface area contributed by atoms with E-state index in [1.54, 1.807) is 0 Å². The molecule has 0 saturated carbocycles. The van der Waals surface area contributed by atoms with Gasteiger partial charge in [0.2, 0.25) is 0 Å². The zero-order valence-electron chi connectivity index (χ0n) is 11.1. The van der Waals surface area contributed by atoms with Crippen LogP contribution in [0.3, 0.4) is 0 Å². The van der Waals surface area contributed by atoms with Crippen LogP contribution in [-0.2, 0) is 9.53 Å². The Morgan fingerprint density at radius 2 is 2.05 bits per heavy atom. The smallest absolute Gasteiger partial charge is 0.330 e. The van der Waals surface area contributed by atoms with Gasteiger partial charge in [0, 0.05) is 12.3 Å². The Labute approximate surface area is 122 Å². The number of H-pyrrole nitrogens is 1. The Morgan fingerprint density at radius 1 is 1.36 bits per heavy atom. The summed E-state index contributed by atoms with van der Waals surface area (Å²) >= 11 is 0. The highest BCUT2D eigenvalue weighted by Crippen LogP contribution is 2.27. The number of aromatic nitrogens is 2. The number of carboxylic acids is 1. The highest BCUT2D eigenvalue weighted by molar-refractivity contribution is 5.85. The SMILES string of the molecule is O=C(O)C=Cc1cn(C2O[C@H](CO)[C@@H](O)[C@@H]2O)c(=O)[nH]c1=O. The molecule has 0 aromatic carbocycles. The zero-order valence-corrected chi connectivity index (χ0v) is 11.1. The first kappa shape index (κ1) is 16.1. The number of hydrogen-bond donors (Lipinski definition) is 5. The minimum Gasteiger partial charge on any atom is -0.478 e. The Hall–Kier alpha value is -2.27. The second kappa shape index (κ2) is 6.23. The number of aliphatic carboxylic acids is 1. The van der Waals surface area contributed by atoms with Gasteiger partial charge in [0.05, 0.1) is 12.2 Å². The molecule has 22 heavy (non-hydrogen) atoms. The number of ether oxygens (including phenoxy) is 1. The van der Waals surface area contributed by atoms with Crippen LogP contribution in [0.1, 0.15) is 11.8 Å². The van der Waals surface area contributed by atoms with E-state index in [0.717, 1.165) is 16.8 Å². The number of aliphatic hydroxyl groups excluding tert-OH is 3. The molecule has 0 aliphatic carbocycles. The molecule has 0 radical (unpaired) electrons. The van der Waals surface area contributed by atoms with E-state index < -0.39 is 48.4 Å². The minimum atomic E-state index is -1.50. The summed E-state index contributed by atoms with van der Waals surface area (Å²) in [4.78, 5) is 35.8.